The molecule has 0 radical (unpaired) electrons. The van der Waals surface area contributed by atoms with Crippen LogP contribution < -0.4 is 10.6 Å². The van der Waals surface area contributed by atoms with Crippen molar-refractivity contribution in [2.24, 2.45) is 0 Å². The molecule has 4 rings (SSSR count). The summed E-state index contributed by atoms with van der Waals surface area (Å²) >= 11 is 0. The summed E-state index contributed by atoms with van der Waals surface area (Å²) in [5.74, 6) is -1.30. The number of amides is 4. The van der Waals surface area contributed by atoms with E-state index in [0.717, 1.165) is 34.4 Å². The van der Waals surface area contributed by atoms with Crippen LogP contribution in [0.4, 0.5) is 10.5 Å². The molecule has 2 aromatic rings. The quantitative estimate of drug-likeness (QED) is 0.402. The van der Waals surface area contributed by atoms with Crippen LogP contribution >= 0.6 is 0 Å². The van der Waals surface area contributed by atoms with Crippen molar-refractivity contribution in [3.63, 3.8) is 0 Å². The number of urea groups is 1. The lowest BCUT2D eigenvalue weighted by Gasteiger charge is -2.33. The first kappa shape index (κ1) is 22.3. The van der Waals surface area contributed by atoms with Gasteiger partial charge in [0.15, 0.2) is 0 Å². The van der Waals surface area contributed by atoms with Gasteiger partial charge in [-0.15, -0.1) is 0 Å². The molecule has 2 aliphatic rings. The van der Waals surface area contributed by atoms with E-state index in [9.17, 15) is 19.2 Å². The van der Waals surface area contributed by atoms with Crippen LogP contribution in [0.25, 0.3) is 6.08 Å². The molecule has 1 spiro atoms. The number of carbonyl (C=O) groups is 4. The van der Waals surface area contributed by atoms with Gasteiger partial charge in [0, 0.05) is 11.8 Å². The molecular formula is C25H25N3O5. The first-order valence-electron chi connectivity index (χ1n) is 10.9. The van der Waals surface area contributed by atoms with Gasteiger partial charge in [0.1, 0.15) is 12.1 Å². The van der Waals surface area contributed by atoms with Crippen molar-refractivity contribution in [1.82, 2.24) is 10.2 Å². The third-order valence-electron chi connectivity index (χ3n) is 5.85. The maximum absolute atomic E-state index is 13.3. The molecule has 0 bridgehead atoms. The Hall–Kier alpha value is -3.94. The molecule has 1 heterocycles. The number of nitrogens with one attached hydrogen (secondary N) is 2. The fourth-order valence-electron chi connectivity index (χ4n) is 4.33. The summed E-state index contributed by atoms with van der Waals surface area (Å²) in [4.78, 5) is 50.9. The minimum atomic E-state index is -1.10. The number of nitrogens with zero attached hydrogens (tertiary/aromatic N) is 1. The van der Waals surface area contributed by atoms with E-state index in [1.165, 1.54) is 6.08 Å². The average Bonchev–Trinajstić information content (AvgIpc) is 3.04. The molecule has 0 aromatic heterocycles. The van der Waals surface area contributed by atoms with Gasteiger partial charge >= 0.3 is 12.0 Å². The summed E-state index contributed by atoms with van der Waals surface area (Å²) in [5, 5.41) is 5.55. The number of imide groups is 1. The van der Waals surface area contributed by atoms with Crippen molar-refractivity contribution in [2.45, 2.75) is 31.7 Å². The number of anilines is 1. The summed E-state index contributed by atoms with van der Waals surface area (Å²) in [7, 11) is 0. The molecule has 1 saturated heterocycles. The van der Waals surface area contributed by atoms with Gasteiger partial charge in [-0.2, -0.15) is 0 Å². The fraction of sp³-hybridized carbons (Fsp3) is 0.280. The maximum atomic E-state index is 13.3. The van der Waals surface area contributed by atoms with Gasteiger partial charge < -0.3 is 15.4 Å². The van der Waals surface area contributed by atoms with E-state index in [1.807, 2.05) is 24.3 Å². The maximum Gasteiger partial charge on any atom is 0.330 e. The molecule has 1 atom stereocenters. The van der Waals surface area contributed by atoms with Gasteiger partial charge in [0.25, 0.3) is 5.91 Å². The Kier molecular flexibility index (Phi) is 6.26. The summed E-state index contributed by atoms with van der Waals surface area (Å²) in [6.07, 6.45) is 5.08. The molecule has 2 aromatic carbocycles. The van der Waals surface area contributed by atoms with Gasteiger partial charge in [0.05, 0.1) is 6.61 Å². The van der Waals surface area contributed by atoms with Gasteiger partial charge in [0.2, 0.25) is 5.91 Å². The normalized spacial score (nSPS) is 19.5. The average molecular weight is 447 g/mol. The van der Waals surface area contributed by atoms with E-state index < -0.39 is 29.4 Å². The number of ether oxygens (including phenoxy) is 1. The highest BCUT2D eigenvalue weighted by Crippen LogP contribution is 2.39. The van der Waals surface area contributed by atoms with Gasteiger partial charge in [-0.25, -0.2) is 9.59 Å². The zero-order chi connectivity index (χ0) is 23.4. The third-order valence-corrected chi connectivity index (χ3v) is 5.85. The van der Waals surface area contributed by atoms with E-state index in [1.54, 1.807) is 37.3 Å². The van der Waals surface area contributed by atoms with Crippen LogP contribution in [0.5, 0.6) is 0 Å². The summed E-state index contributed by atoms with van der Waals surface area (Å²) in [6, 6.07) is 13.9. The standard InChI is InChI=1S/C25H25N3O5/c1-2-33-22(30)14-11-17-9-12-19(13-10-17)26-21(29)16-28-23(31)25(27-24(28)32)15-5-7-18-6-3-4-8-20(18)25/h3-4,6,8-14H,2,5,7,15-16H2,1H3,(H,26,29)(H,27,32)/b14-11+. The molecule has 0 saturated carbocycles. The SMILES string of the molecule is CCOC(=O)/C=C/c1ccc(NC(=O)CN2C(=O)NC3(CCCc4ccccc43)C2=O)cc1. The first-order chi connectivity index (χ1) is 15.9. The molecule has 33 heavy (non-hydrogen) atoms. The number of benzene rings is 2. The Labute approximate surface area is 191 Å². The number of fused-ring (bicyclic) bond motifs is 2. The Morgan fingerprint density at radius 3 is 2.67 bits per heavy atom. The number of carbonyl (C=O) groups excluding carboxylic acids is 4. The lowest BCUT2D eigenvalue weighted by atomic mass is 9.76. The molecule has 2 N–H and O–H groups in total. The number of rotatable bonds is 6. The van der Waals surface area contributed by atoms with Crippen molar-refractivity contribution in [1.29, 1.82) is 0 Å². The number of hydrogen-bond donors (Lipinski definition) is 2. The molecule has 1 aliphatic carbocycles. The second-order valence-electron chi connectivity index (χ2n) is 7.99. The largest absolute Gasteiger partial charge is 0.463 e. The Morgan fingerprint density at radius 2 is 1.91 bits per heavy atom. The van der Waals surface area contributed by atoms with Crippen molar-refractivity contribution < 1.29 is 23.9 Å². The molecule has 8 heteroatoms. The van der Waals surface area contributed by atoms with Crippen molar-refractivity contribution in [3.05, 3.63) is 71.3 Å². The highest BCUT2D eigenvalue weighted by molar-refractivity contribution is 6.10. The van der Waals surface area contributed by atoms with Gasteiger partial charge in [-0.3, -0.25) is 14.5 Å². The third kappa shape index (κ3) is 4.50. The van der Waals surface area contributed by atoms with E-state index >= 15 is 0 Å². The summed E-state index contributed by atoms with van der Waals surface area (Å²) in [6.45, 7) is 1.66. The predicted octanol–water partition coefficient (Wildman–Crippen LogP) is 2.99. The van der Waals surface area contributed by atoms with E-state index in [4.69, 9.17) is 4.74 Å². The van der Waals surface area contributed by atoms with Crippen molar-refractivity contribution >= 4 is 35.6 Å². The second-order valence-corrected chi connectivity index (χ2v) is 7.99. The summed E-state index contributed by atoms with van der Waals surface area (Å²) in [5.41, 5.74) is 2.02. The fourth-order valence-corrected chi connectivity index (χ4v) is 4.33. The van der Waals surface area contributed by atoms with Crippen LogP contribution in [-0.2, 0) is 31.1 Å². The van der Waals surface area contributed by atoms with Crippen LogP contribution in [-0.4, -0.2) is 41.9 Å². The van der Waals surface area contributed by atoms with E-state index in [0.29, 0.717) is 18.7 Å². The van der Waals surface area contributed by atoms with Crippen molar-refractivity contribution in [2.75, 3.05) is 18.5 Å². The Bertz CT molecular complexity index is 1130. The van der Waals surface area contributed by atoms with Crippen LogP contribution in [0, 0.1) is 0 Å². The zero-order valence-electron chi connectivity index (χ0n) is 18.3. The lowest BCUT2D eigenvalue weighted by Crippen LogP contribution is -2.47. The Morgan fingerprint density at radius 1 is 1.15 bits per heavy atom. The predicted molar refractivity (Wildman–Crippen MR) is 122 cm³/mol. The van der Waals surface area contributed by atoms with E-state index in [-0.39, 0.29) is 6.54 Å². The second kappa shape index (κ2) is 9.28. The first-order valence-corrected chi connectivity index (χ1v) is 10.9. The van der Waals surface area contributed by atoms with Crippen LogP contribution in [0.2, 0.25) is 0 Å². The van der Waals surface area contributed by atoms with Crippen LogP contribution in [0.15, 0.2) is 54.6 Å². The molecule has 8 nitrogen and oxygen atoms in total. The zero-order valence-corrected chi connectivity index (χ0v) is 18.3. The van der Waals surface area contributed by atoms with E-state index in [2.05, 4.69) is 10.6 Å². The highest BCUT2D eigenvalue weighted by atomic mass is 16.5. The monoisotopic (exact) mass is 447 g/mol. The highest BCUT2D eigenvalue weighted by Gasteiger charge is 2.54. The Balaban J connectivity index is 1.41. The molecule has 1 aliphatic heterocycles. The molecular weight excluding hydrogens is 422 g/mol. The van der Waals surface area contributed by atoms with Crippen LogP contribution in [0.3, 0.4) is 0 Å². The van der Waals surface area contributed by atoms with Gasteiger partial charge in [-0.05, 0) is 61.1 Å². The molecule has 1 fully saturated rings. The van der Waals surface area contributed by atoms with Crippen LogP contribution in [0.1, 0.15) is 36.5 Å². The minimum absolute atomic E-state index is 0.305. The minimum Gasteiger partial charge on any atom is -0.463 e. The lowest BCUT2D eigenvalue weighted by molar-refractivity contribution is -0.137. The number of hydrogen-bond acceptors (Lipinski definition) is 5. The molecule has 1 unspecified atom stereocenters. The molecule has 170 valence electrons. The summed E-state index contributed by atoms with van der Waals surface area (Å²) < 4.78 is 4.83. The number of esters is 1. The molecule has 4 amide bonds. The smallest absolute Gasteiger partial charge is 0.330 e. The van der Waals surface area contributed by atoms with Crippen molar-refractivity contribution in [3.8, 4) is 0 Å². The number of aryl methyl sites for hydroxylation is 1. The van der Waals surface area contributed by atoms with Gasteiger partial charge in [-0.1, -0.05) is 36.4 Å². The topological polar surface area (TPSA) is 105 Å².